The third kappa shape index (κ3) is 4.22. The summed E-state index contributed by atoms with van der Waals surface area (Å²) < 4.78 is 80.6. The highest BCUT2D eigenvalue weighted by Gasteiger charge is 2.92. The molecule has 1 aliphatic carbocycles. The van der Waals surface area contributed by atoms with Crippen LogP contribution in [-0.4, -0.2) is 63.9 Å². The number of alkyl halides is 2. The average Bonchev–Trinajstić information content (AvgIpc) is 2.96. The van der Waals surface area contributed by atoms with E-state index >= 15 is 4.39 Å². The summed E-state index contributed by atoms with van der Waals surface area (Å²) >= 11 is 0. The number of hydrogen-bond donors (Lipinski definition) is 6. The Morgan fingerprint density at radius 2 is 1.84 bits per heavy atom. The maximum atomic E-state index is 15.1. The first-order chi connectivity index (χ1) is 14.4. The molecule has 2 fully saturated rings. The van der Waals surface area contributed by atoms with Crippen LogP contribution >= 0.6 is 23.5 Å². The molecule has 0 spiro atoms. The fourth-order valence-electron chi connectivity index (χ4n) is 3.47. The minimum absolute atomic E-state index is 0.234. The first kappa shape index (κ1) is 25.5. The van der Waals surface area contributed by atoms with Gasteiger partial charge in [-0.3, -0.25) is 9.09 Å². The molecule has 16 nitrogen and oxygen atoms in total. The van der Waals surface area contributed by atoms with Crippen molar-refractivity contribution in [2.45, 2.75) is 42.8 Å². The number of anilines is 1. The van der Waals surface area contributed by atoms with Gasteiger partial charge >= 0.3 is 29.2 Å². The molecular weight excluding hydrogens is 513 g/mol. The van der Waals surface area contributed by atoms with Crippen LogP contribution in [-0.2, 0) is 31.6 Å². The van der Waals surface area contributed by atoms with Crippen molar-refractivity contribution in [2.24, 2.45) is 0 Å². The number of nitrogen functional groups attached to an aromatic ring is 1. The number of ether oxygens (including phenoxy) is 1. The molecule has 21 heteroatoms. The van der Waals surface area contributed by atoms with Crippen molar-refractivity contribution >= 4 is 29.3 Å². The van der Waals surface area contributed by atoms with Crippen molar-refractivity contribution in [3.8, 4) is 0 Å². The van der Waals surface area contributed by atoms with E-state index in [1.54, 1.807) is 0 Å². The number of rotatable bonds is 8. The molecular formula is C11H16F2N3O13P3. The molecule has 4 unspecified atom stereocenters. The van der Waals surface area contributed by atoms with Gasteiger partial charge in [0, 0.05) is 6.20 Å². The lowest BCUT2D eigenvalue weighted by Crippen LogP contribution is -2.38. The van der Waals surface area contributed by atoms with E-state index in [9.17, 15) is 32.9 Å². The summed E-state index contributed by atoms with van der Waals surface area (Å²) in [4.78, 5) is 51.1. The molecule has 32 heavy (non-hydrogen) atoms. The van der Waals surface area contributed by atoms with Gasteiger partial charge in [-0.15, -0.1) is 0 Å². The fourth-order valence-corrected chi connectivity index (χ4v) is 6.71. The summed E-state index contributed by atoms with van der Waals surface area (Å²) in [6.45, 7) is 0.754. The van der Waals surface area contributed by atoms with E-state index < -0.39 is 65.0 Å². The zero-order chi connectivity index (χ0) is 24.5. The Kier molecular flexibility index (Phi) is 6.13. The Labute approximate surface area is 176 Å². The summed E-state index contributed by atoms with van der Waals surface area (Å²) in [5, 5.41) is 10.6. The summed E-state index contributed by atoms with van der Waals surface area (Å²) in [7, 11) is -17.5. The second-order valence-corrected chi connectivity index (χ2v) is 11.1. The van der Waals surface area contributed by atoms with Crippen LogP contribution in [0.4, 0.5) is 14.6 Å². The van der Waals surface area contributed by atoms with Crippen molar-refractivity contribution in [1.29, 1.82) is 0 Å². The van der Waals surface area contributed by atoms with Crippen LogP contribution in [0, 0.1) is 0 Å². The van der Waals surface area contributed by atoms with Gasteiger partial charge in [-0.1, -0.05) is 0 Å². The SMILES string of the molecule is CC(F)[C@]12O[C@@H](n3ccc(N)nc3=O)[C@H](F)[C@@]1(O)C2OP(=O)(O)OP(=O)(O)OP(=O)(O)O. The monoisotopic (exact) mass is 529 g/mol. The highest BCUT2D eigenvalue weighted by atomic mass is 31.3. The molecule has 1 aromatic rings. The number of aromatic nitrogens is 2. The van der Waals surface area contributed by atoms with Crippen LogP contribution in [0.5, 0.6) is 0 Å². The summed E-state index contributed by atoms with van der Waals surface area (Å²) in [6.07, 6.45) is -8.35. The van der Waals surface area contributed by atoms with E-state index in [0.29, 0.717) is 4.57 Å². The summed E-state index contributed by atoms with van der Waals surface area (Å²) in [6, 6.07) is 1.07. The van der Waals surface area contributed by atoms with Gasteiger partial charge in [0.15, 0.2) is 23.6 Å². The van der Waals surface area contributed by atoms with Gasteiger partial charge in [-0.2, -0.15) is 13.6 Å². The second-order valence-electron chi connectivity index (χ2n) is 6.76. The first-order valence-corrected chi connectivity index (χ1v) is 12.7. The highest BCUT2D eigenvalue weighted by molar-refractivity contribution is 7.66. The zero-order valence-corrected chi connectivity index (χ0v) is 18.2. The number of phosphoric acid groups is 3. The van der Waals surface area contributed by atoms with Crippen molar-refractivity contribution in [3.63, 3.8) is 0 Å². The number of nitrogens with two attached hydrogens (primary N) is 1. The number of phosphoric ester groups is 1. The lowest BCUT2D eigenvalue weighted by Gasteiger charge is -2.25. The lowest BCUT2D eigenvalue weighted by atomic mass is 10.1. The largest absolute Gasteiger partial charge is 0.490 e. The van der Waals surface area contributed by atoms with Crippen LogP contribution in [0.1, 0.15) is 13.2 Å². The molecule has 1 saturated heterocycles. The minimum Gasteiger partial charge on any atom is -0.383 e. The molecule has 7 N–H and O–H groups in total. The van der Waals surface area contributed by atoms with Crippen LogP contribution in [0.2, 0.25) is 0 Å². The standard InChI is InChI=1S/C11H16F2N3O13P3/c1-4(12)11-8(27-31(22,23)29-32(24,25)28-30(19,20)21)10(11,18)6(13)7(26-11)16-3-2-5(14)15-9(16)17/h2-4,6-8,18H,1H3,(H,22,23)(H,24,25)(H2,14,15,17)(H2,19,20,21)/t4?,6-,7+,8?,10+,11+/m0/s1. The predicted octanol–water partition coefficient (Wildman–Crippen LogP) is -0.754. The lowest BCUT2D eigenvalue weighted by molar-refractivity contribution is -0.112. The molecule has 1 saturated carbocycles. The molecule has 0 aromatic carbocycles. The van der Waals surface area contributed by atoms with Gasteiger partial charge in [0.1, 0.15) is 18.1 Å². The quantitative estimate of drug-likeness (QED) is 0.227. The van der Waals surface area contributed by atoms with Crippen LogP contribution in [0.15, 0.2) is 17.1 Å². The molecule has 2 aliphatic rings. The second kappa shape index (κ2) is 7.70. The first-order valence-electron chi connectivity index (χ1n) is 8.21. The van der Waals surface area contributed by atoms with Crippen molar-refractivity contribution < 1.29 is 65.0 Å². The third-order valence-electron chi connectivity index (χ3n) is 4.69. The van der Waals surface area contributed by atoms with E-state index in [-0.39, 0.29) is 5.82 Å². The molecule has 0 amide bonds. The topological polar surface area (TPSA) is 250 Å². The summed E-state index contributed by atoms with van der Waals surface area (Å²) in [5.41, 5.74) is -1.51. The predicted molar refractivity (Wildman–Crippen MR) is 94.9 cm³/mol. The maximum absolute atomic E-state index is 15.1. The summed E-state index contributed by atoms with van der Waals surface area (Å²) in [5.74, 6) is -0.234. The van der Waals surface area contributed by atoms with Crippen molar-refractivity contribution in [3.05, 3.63) is 22.7 Å². The van der Waals surface area contributed by atoms with E-state index in [4.69, 9.17) is 25.2 Å². The fraction of sp³-hybridized carbons (Fsp3) is 0.636. The Bertz CT molecular complexity index is 1130. The molecule has 8 atom stereocenters. The normalized spacial score (nSPS) is 36.7. The molecule has 1 aliphatic heterocycles. The molecule has 182 valence electrons. The van der Waals surface area contributed by atoms with Crippen LogP contribution < -0.4 is 11.4 Å². The third-order valence-corrected chi connectivity index (χ3v) is 8.49. The van der Waals surface area contributed by atoms with Gasteiger partial charge in [0.2, 0.25) is 0 Å². The van der Waals surface area contributed by atoms with E-state index in [2.05, 4.69) is 18.1 Å². The number of halogens is 2. The molecule has 0 bridgehead atoms. The number of aliphatic hydroxyl groups is 1. The van der Waals surface area contributed by atoms with Crippen molar-refractivity contribution in [1.82, 2.24) is 9.55 Å². The van der Waals surface area contributed by atoms with Gasteiger partial charge in [-0.05, 0) is 13.0 Å². The smallest absolute Gasteiger partial charge is 0.383 e. The Balaban J connectivity index is 1.86. The Hall–Kier alpha value is -1.13. The highest BCUT2D eigenvalue weighted by Crippen LogP contribution is 2.73. The number of fused-ring (bicyclic) bond motifs is 1. The minimum atomic E-state index is -5.93. The van der Waals surface area contributed by atoms with Crippen molar-refractivity contribution in [2.75, 3.05) is 5.73 Å². The van der Waals surface area contributed by atoms with Gasteiger partial charge in [0.05, 0.1) is 0 Å². The maximum Gasteiger partial charge on any atom is 0.490 e. The van der Waals surface area contributed by atoms with E-state index in [1.807, 2.05) is 0 Å². The zero-order valence-electron chi connectivity index (χ0n) is 15.5. The van der Waals surface area contributed by atoms with Gasteiger partial charge in [-0.25, -0.2) is 27.3 Å². The Morgan fingerprint density at radius 1 is 1.25 bits per heavy atom. The number of nitrogens with zero attached hydrogens (tertiary/aromatic N) is 2. The van der Waals surface area contributed by atoms with Gasteiger partial charge < -0.3 is 35.2 Å². The van der Waals surface area contributed by atoms with Gasteiger partial charge in [0.25, 0.3) is 0 Å². The number of hydrogen-bond acceptors (Lipinski definition) is 11. The molecule has 3 rings (SSSR count). The average molecular weight is 529 g/mol. The van der Waals surface area contributed by atoms with E-state index in [0.717, 1.165) is 19.2 Å². The molecule has 1 aromatic heterocycles. The Morgan fingerprint density at radius 3 is 2.31 bits per heavy atom. The molecule has 2 heterocycles. The van der Waals surface area contributed by atoms with E-state index in [1.165, 1.54) is 0 Å². The molecule has 0 radical (unpaired) electrons. The van der Waals surface area contributed by atoms with Crippen LogP contribution in [0.25, 0.3) is 0 Å². The van der Waals surface area contributed by atoms with Crippen LogP contribution in [0.3, 0.4) is 0 Å².